The van der Waals surface area contributed by atoms with Crippen LogP contribution in [0.15, 0.2) is 11.0 Å². The molecule has 0 aliphatic carbocycles. The Morgan fingerprint density at radius 3 is 2.33 bits per heavy atom. The second-order valence-corrected chi connectivity index (χ2v) is 7.75. The molecule has 5 nitrogen and oxygen atoms in total. The molecule has 0 atom stereocenters. The van der Waals surface area contributed by atoms with Crippen molar-refractivity contribution >= 4 is 44.8 Å². The minimum absolute atomic E-state index is 0.0239. The lowest BCUT2D eigenvalue weighted by molar-refractivity contribution is 0.0884. The van der Waals surface area contributed by atoms with Gasteiger partial charge in [-0.25, -0.2) is 12.7 Å². The number of fused-ring (bicyclic) bond motifs is 1. The van der Waals surface area contributed by atoms with E-state index < -0.39 is 21.9 Å². The lowest BCUT2D eigenvalue weighted by atomic mass is 9.95. The quantitative estimate of drug-likeness (QED) is 0.621. The van der Waals surface area contributed by atoms with Crippen molar-refractivity contribution in [3.63, 3.8) is 0 Å². The molecule has 0 fully saturated rings. The molecule has 0 radical (unpaired) electrons. The molecule has 1 heterocycles. The van der Waals surface area contributed by atoms with Crippen molar-refractivity contribution in [2.75, 3.05) is 25.0 Å². The first-order valence-electron chi connectivity index (χ1n) is 6.31. The molecule has 0 spiro atoms. The minimum Gasteiger partial charge on any atom is -0.376 e. The van der Waals surface area contributed by atoms with E-state index in [1.165, 1.54) is 0 Å². The van der Waals surface area contributed by atoms with E-state index in [1.807, 2.05) is 13.8 Å². The standard InChI is InChI=1S/C13H16Cl2N2O3S/c1-7(2)8-5-9(16(3)4)11(15)12-10(8)13(18)17(6-14)21(12,19)20/h5,7H,6H2,1-4H3. The van der Waals surface area contributed by atoms with Gasteiger partial charge in [0.25, 0.3) is 15.9 Å². The Morgan fingerprint density at radius 2 is 1.90 bits per heavy atom. The SMILES string of the molecule is CC(C)c1cc(N(C)C)c(Cl)c2c1C(=O)N(CCl)S2(=O)=O. The number of nitrogens with zero attached hydrogens (tertiary/aromatic N) is 2. The van der Waals surface area contributed by atoms with Gasteiger partial charge in [0.05, 0.1) is 16.3 Å². The smallest absolute Gasteiger partial charge is 0.270 e. The number of carbonyl (C=O) groups excluding carboxylic acids is 1. The number of alkyl halides is 1. The van der Waals surface area contributed by atoms with Crippen molar-refractivity contribution in [1.29, 1.82) is 0 Å². The number of halogens is 2. The number of carbonyl (C=O) groups is 1. The van der Waals surface area contributed by atoms with Crippen molar-refractivity contribution in [2.45, 2.75) is 24.7 Å². The van der Waals surface area contributed by atoms with Crippen LogP contribution < -0.4 is 4.90 Å². The molecule has 8 heteroatoms. The van der Waals surface area contributed by atoms with E-state index in [-0.39, 0.29) is 21.4 Å². The number of sulfonamides is 1. The molecule has 21 heavy (non-hydrogen) atoms. The van der Waals surface area contributed by atoms with Crippen LogP contribution in [0.3, 0.4) is 0 Å². The van der Waals surface area contributed by atoms with Gasteiger partial charge in [0, 0.05) is 14.1 Å². The second kappa shape index (κ2) is 5.34. The fraction of sp³-hybridized carbons (Fsp3) is 0.462. The third-order valence-electron chi connectivity index (χ3n) is 3.43. The van der Waals surface area contributed by atoms with Crippen LogP contribution >= 0.6 is 23.2 Å². The molecule has 0 saturated carbocycles. The molecular weight excluding hydrogens is 335 g/mol. The molecule has 2 rings (SSSR count). The van der Waals surface area contributed by atoms with E-state index in [4.69, 9.17) is 23.2 Å². The fourth-order valence-corrected chi connectivity index (χ4v) is 4.90. The number of anilines is 1. The summed E-state index contributed by atoms with van der Waals surface area (Å²) in [7, 11) is -0.466. The van der Waals surface area contributed by atoms with Crippen LogP contribution in [0.4, 0.5) is 5.69 Å². The highest BCUT2D eigenvalue weighted by Crippen LogP contribution is 2.44. The third-order valence-corrected chi connectivity index (χ3v) is 6.11. The highest BCUT2D eigenvalue weighted by molar-refractivity contribution is 7.90. The molecular formula is C13H16Cl2N2O3S. The second-order valence-electron chi connectivity index (χ2n) is 5.33. The molecule has 116 valence electrons. The lowest BCUT2D eigenvalue weighted by Crippen LogP contribution is -2.28. The average Bonchev–Trinajstić information content (AvgIpc) is 2.56. The van der Waals surface area contributed by atoms with Gasteiger partial charge in [0.15, 0.2) is 0 Å². The van der Waals surface area contributed by atoms with E-state index >= 15 is 0 Å². The van der Waals surface area contributed by atoms with Crippen LogP contribution in [0.2, 0.25) is 5.02 Å². The maximum absolute atomic E-state index is 12.5. The molecule has 1 aliphatic heterocycles. The first-order valence-corrected chi connectivity index (χ1v) is 8.66. The normalized spacial score (nSPS) is 16.5. The maximum Gasteiger partial charge on any atom is 0.270 e. The summed E-state index contributed by atoms with van der Waals surface area (Å²) in [6.07, 6.45) is 0. The monoisotopic (exact) mass is 350 g/mol. The van der Waals surface area contributed by atoms with Crippen LogP contribution in [0.5, 0.6) is 0 Å². The summed E-state index contributed by atoms with van der Waals surface area (Å²) in [6, 6.07) is 1.33. The Hall–Kier alpha value is -0.980. The molecule has 0 N–H and O–H groups in total. The van der Waals surface area contributed by atoms with Gasteiger partial charge in [0.1, 0.15) is 10.9 Å². The van der Waals surface area contributed by atoms with Gasteiger partial charge in [-0.15, -0.1) is 11.6 Å². The largest absolute Gasteiger partial charge is 0.376 e. The Balaban J connectivity index is 2.94. The molecule has 1 aromatic rings. The summed E-state index contributed by atoms with van der Waals surface area (Å²) in [6.45, 7) is 3.79. The van der Waals surface area contributed by atoms with E-state index in [0.717, 1.165) is 0 Å². The average molecular weight is 351 g/mol. The number of hydrogen-bond acceptors (Lipinski definition) is 4. The van der Waals surface area contributed by atoms with Crippen molar-refractivity contribution in [1.82, 2.24) is 4.31 Å². The van der Waals surface area contributed by atoms with Gasteiger partial charge in [0.2, 0.25) is 0 Å². The maximum atomic E-state index is 12.5. The van der Waals surface area contributed by atoms with Crippen LogP contribution in [0.25, 0.3) is 0 Å². The van der Waals surface area contributed by atoms with Gasteiger partial charge < -0.3 is 4.90 Å². The molecule has 0 unspecified atom stereocenters. The first-order chi connectivity index (χ1) is 9.64. The number of hydrogen-bond donors (Lipinski definition) is 0. The molecule has 0 saturated heterocycles. The molecule has 1 amide bonds. The number of benzene rings is 1. The van der Waals surface area contributed by atoms with Crippen molar-refractivity contribution in [3.05, 3.63) is 22.2 Å². The molecule has 0 aromatic heterocycles. The number of amides is 1. The molecule has 0 bridgehead atoms. The van der Waals surface area contributed by atoms with E-state index in [0.29, 0.717) is 15.6 Å². The summed E-state index contributed by atoms with van der Waals surface area (Å²) in [4.78, 5) is 14.0. The van der Waals surface area contributed by atoms with E-state index in [9.17, 15) is 13.2 Å². The van der Waals surface area contributed by atoms with Gasteiger partial charge in [-0.1, -0.05) is 25.4 Å². The third kappa shape index (κ3) is 2.29. The zero-order valence-electron chi connectivity index (χ0n) is 12.1. The number of rotatable bonds is 3. The Kier molecular flexibility index (Phi) is 4.17. The zero-order valence-corrected chi connectivity index (χ0v) is 14.5. The highest BCUT2D eigenvalue weighted by Gasteiger charge is 2.45. The van der Waals surface area contributed by atoms with Crippen LogP contribution in [0.1, 0.15) is 35.7 Å². The van der Waals surface area contributed by atoms with Gasteiger partial charge >= 0.3 is 0 Å². The summed E-state index contributed by atoms with van der Waals surface area (Å²) < 4.78 is 25.7. The Labute approximate surface area is 134 Å². The molecule has 1 aliphatic rings. The first kappa shape index (κ1) is 16.4. The van der Waals surface area contributed by atoms with Crippen molar-refractivity contribution in [2.24, 2.45) is 0 Å². The van der Waals surface area contributed by atoms with Crippen LogP contribution in [-0.4, -0.2) is 38.7 Å². The summed E-state index contributed by atoms with van der Waals surface area (Å²) in [5, 5.41) is 0.0559. The summed E-state index contributed by atoms with van der Waals surface area (Å²) >= 11 is 11.9. The summed E-state index contributed by atoms with van der Waals surface area (Å²) in [5.41, 5.74) is 1.35. The van der Waals surface area contributed by atoms with Crippen LogP contribution in [-0.2, 0) is 10.0 Å². The summed E-state index contributed by atoms with van der Waals surface area (Å²) in [5.74, 6) is -0.639. The van der Waals surface area contributed by atoms with Crippen molar-refractivity contribution in [3.8, 4) is 0 Å². The van der Waals surface area contributed by atoms with E-state index in [1.54, 1.807) is 25.1 Å². The van der Waals surface area contributed by atoms with Gasteiger partial charge in [-0.05, 0) is 17.5 Å². The lowest BCUT2D eigenvalue weighted by Gasteiger charge is -2.19. The predicted molar refractivity (Wildman–Crippen MR) is 83.9 cm³/mol. The predicted octanol–water partition coefficient (Wildman–Crippen LogP) is 2.87. The van der Waals surface area contributed by atoms with Gasteiger partial charge in [-0.3, -0.25) is 4.79 Å². The minimum atomic E-state index is -4.00. The van der Waals surface area contributed by atoms with E-state index in [2.05, 4.69) is 0 Å². The fourth-order valence-electron chi connectivity index (χ4n) is 2.35. The van der Waals surface area contributed by atoms with Gasteiger partial charge in [-0.2, -0.15) is 0 Å². The van der Waals surface area contributed by atoms with Crippen molar-refractivity contribution < 1.29 is 13.2 Å². The van der Waals surface area contributed by atoms with Crippen LogP contribution in [0, 0.1) is 0 Å². The highest BCUT2D eigenvalue weighted by atomic mass is 35.5. The molecule has 1 aromatic carbocycles. The topological polar surface area (TPSA) is 57.7 Å². The zero-order chi connectivity index (χ0) is 16.1. The Morgan fingerprint density at radius 1 is 1.33 bits per heavy atom. The Bertz CT molecular complexity index is 715.